The number of carbonyl (C=O) groups is 2. The third-order valence-electron chi connectivity index (χ3n) is 20.4. The van der Waals surface area contributed by atoms with Crippen LogP contribution in [0.25, 0.3) is 0 Å². The summed E-state index contributed by atoms with van der Waals surface area (Å²) in [7, 11) is 0. The van der Waals surface area contributed by atoms with Gasteiger partial charge in [0.1, 0.15) is 48.7 Å². The molecule has 0 amide bonds. The quantitative estimate of drug-likeness (QED) is 0.121. The minimum Gasteiger partial charge on any atom is -0.547 e. The predicted octanol–water partition coefficient (Wildman–Crippen LogP) is 3.76. The molecule has 442 valence electrons. The highest BCUT2D eigenvalue weighted by atomic mass is 16.8. The Morgan fingerprint density at radius 2 is 0.724 bits per heavy atom. The zero-order valence-corrected chi connectivity index (χ0v) is 49.0. The highest BCUT2D eigenvalue weighted by molar-refractivity contribution is 5.80. The zero-order chi connectivity index (χ0) is 56.1. The number of aliphatic carboxylic acids is 2. The van der Waals surface area contributed by atoms with Gasteiger partial charge >= 0.3 is 0 Å². The first kappa shape index (κ1) is 63.6. The van der Waals surface area contributed by atoms with Crippen molar-refractivity contribution in [2.45, 2.75) is 245 Å². The minimum absolute atomic E-state index is 0.00350. The number of quaternary nitrogens is 2. The van der Waals surface area contributed by atoms with E-state index in [4.69, 9.17) is 38.6 Å². The predicted molar refractivity (Wildman–Crippen MR) is 283 cm³/mol. The molecular formula is C60H108N2O14. The van der Waals surface area contributed by atoms with Crippen molar-refractivity contribution in [3.63, 3.8) is 0 Å². The maximum Gasteiger partial charge on any atom is 0.175 e. The van der Waals surface area contributed by atoms with E-state index in [0.29, 0.717) is 108 Å². The number of fused-ring (bicyclic) bond motifs is 2. The Kier molecular flexibility index (Phi) is 23.0. The molecule has 0 spiro atoms. The topological polar surface area (TPSA) is 272 Å². The monoisotopic (exact) mass is 1080 g/mol. The van der Waals surface area contributed by atoms with Gasteiger partial charge in [0.05, 0.1) is 50.6 Å². The fourth-order valence-electron chi connectivity index (χ4n) is 16.5. The Hall–Kier alpha value is -1.54. The number of carboxylic acid groups (broad SMARTS) is 2. The lowest BCUT2D eigenvalue weighted by Crippen LogP contribution is -2.66. The maximum atomic E-state index is 9.63. The second-order valence-corrected chi connectivity index (χ2v) is 27.3. The Labute approximate surface area is 457 Å². The molecule has 0 radical (unpaired) electrons. The molecule has 22 atom stereocenters. The van der Waals surface area contributed by atoms with Gasteiger partial charge in [0.15, 0.2) is 11.6 Å². The summed E-state index contributed by atoms with van der Waals surface area (Å²) in [5.74, 6) is 4.41. The van der Waals surface area contributed by atoms with E-state index >= 15 is 0 Å². The lowest BCUT2D eigenvalue weighted by molar-refractivity contribution is -0.440. The van der Waals surface area contributed by atoms with Gasteiger partial charge in [-0.2, -0.15) is 0 Å². The standard InChI is InChI=1S/2C28H51NO4.C4H6O6/c2*1-16(2)20-9-7-18(5)13-22(20)28(23-14-19(6)8-10-21(23)17(3)4)32-26-24(29)15-25(27(26)33-28)31-12-11-30;5-1(3(7)8)2(6)4(9)10/h2*16-27,30H,7-15,29H2,1-6H3;1-2,5-6H,(H,7,8)(H,9,10)/t2*18?,19?,20?,21?,22?,23?,24-,25+,26+,27-,28?;/m11./s1. The van der Waals surface area contributed by atoms with Crippen molar-refractivity contribution < 1.29 is 80.1 Å². The first-order chi connectivity index (χ1) is 35.8. The number of aliphatic hydroxyl groups is 4. The summed E-state index contributed by atoms with van der Waals surface area (Å²) in [6.07, 6.45) is 11.8. The normalized spacial score (nSPS) is 44.2. The molecule has 0 aromatic rings. The van der Waals surface area contributed by atoms with Crippen molar-refractivity contribution in [3.05, 3.63) is 0 Å². The number of carbonyl (C=O) groups excluding carboxylic acids is 2. The summed E-state index contributed by atoms with van der Waals surface area (Å²) < 4.78 is 41.5. The molecule has 14 unspecified atom stereocenters. The molecular weight excluding hydrogens is 973 g/mol. The average molecular weight is 1080 g/mol. The van der Waals surface area contributed by atoms with Gasteiger partial charge in [-0.05, 0) is 122 Å². The van der Waals surface area contributed by atoms with Crippen molar-refractivity contribution in [1.29, 1.82) is 0 Å². The summed E-state index contributed by atoms with van der Waals surface area (Å²) in [5.41, 5.74) is 8.97. The average Bonchev–Trinajstić information content (AvgIpc) is 4.12. The molecule has 2 heterocycles. The fourth-order valence-corrected chi connectivity index (χ4v) is 16.5. The van der Waals surface area contributed by atoms with Crippen LogP contribution in [0.2, 0.25) is 0 Å². The van der Waals surface area contributed by atoms with Gasteiger partial charge in [0.25, 0.3) is 0 Å². The van der Waals surface area contributed by atoms with Gasteiger partial charge in [-0.25, -0.2) is 0 Å². The van der Waals surface area contributed by atoms with E-state index in [2.05, 4.69) is 94.6 Å². The third-order valence-corrected chi connectivity index (χ3v) is 20.4. The van der Waals surface area contributed by atoms with E-state index in [1.165, 1.54) is 77.0 Å². The van der Waals surface area contributed by atoms with Gasteiger partial charge in [0.2, 0.25) is 0 Å². The number of rotatable bonds is 17. The van der Waals surface area contributed by atoms with Crippen LogP contribution in [0.1, 0.15) is 173 Å². The molecule has 6 aliphatic carbocycles. The van der Waals surface area contributed by atoms with Crippen LogP contribution in [0.15, 0.2) is 0 Å². The third kappa shape index (κ3) is 14.0. The molecule has 16 heteroatoms. The molecule has 8 fully saturated rings. The minimum atomic E-state index is -2.44. The summed E-state index contributed by atoms with van der Waals surface area (Å²) in [6, 6.07) is 0.357. The van der Waals surface area contributed by atoms with Crippen LogP contribution in [0, 0.1) is 94.7 Å². The summed E-state index contributed by atoms with van der Waals surface area (Å²) in [5, 5.41) is 54.5. The number of carboxylic acids is 2. The number of hydrogen-bond acceptors (Lipinski definition) is 14. The molecule has 2 aliphatic heterocycles. The van der Waals surface area contributed by atoms with Crippen molar-refractivity contribution in [1.82, 2.24) is 0 Å². The van der Waals surface area contributed by atoms with Crippen LogP contribution in [-0.2, 0) is 38.0 Å². The van der Waals surface area contributed by atoms with Crippen molar-refractivity contribution in [3.8, 4) is 0 Å². The largest absolute Gasteiger partial charge is 0.547 e. The number of hydrogen-bond donors (Lipinski definition) is 6. The molecule has 6 saturated carbocycles. The molecule has 76 heavy (non-hydrogen) atoms. The lowest BCUT2D eigenvalue weighted by atomic mass is 9.58. The van der Waals surface area contributed by atoms with Crippen molar-refractivity contribution >= 4 is 11.9 Å². The van der Waals surface area contributed by atoms with E-state index in [9.17, 15) is 30.0 Å². The van der Waals surface area contributed by atoms with E-state index in [-0.39, 0.29) is 61.9 Å². The SMILES string of the molecule is CC1CCC(C(C)C)C(C2(C3CC(C)CCC3C(C)C)O[C@@H]3[C@H](O2)[C@@H](OCCO)C[C@H]3[NH3+])C1.CC1CCC(C(C)C)C(C2(C3CC(C)CCC3C(C)C)O[C@@H]3[C@H](O2)[C@@H](OCCO)C[C@H]3[NH3+])C1.O=C([O-])C(O)C(O)C(=O)[O-]. The number of ether oxygens (including phenoxy) is 6. The molecule has 0 aromatic carbocycles. The van der Waals surface area contributed by atoms with Crippen LogP contribution in [-0.4, -0.2) is 131 Å². The first-order valence-corrected chi connectivity index (χ1v) is 30.4. The van der Waals surface area contributed by atoms with Gasteiger partial charge in [-0.3, -0.25) is 0 Å². The van der Waals surface area contributed by atoms with Crippen LogP contribution in [0.3, 0.4) is 0 Å². The van der Waals surface area contributed by atoms with E-state index in [1.54, 1.807) is 0 Å². The van der Waals surface area contributed by atoms with E-state index < -0.39 is 35.7 Å². The van der Waals surface area contributed by atoms with Gasteiger partial charge in [0, 0.05) is 36.5 Å². The molecule has 0 aromatic heterocycles. The second kappa shape index (κ2) is 27.5. The maximum absolute atomic E-state index is 9.63. The first-order valence-electron chi connectivity index (χ1n) is 30.4. The lowest BCUT2D eigenvalue weighted by Gasteiger charge is -2.54. The Morgan fingerprint density at radius 3 is 0.947 bits per heavy atom. The zero-order valence-electron chi connectivity index (χ0n) is 49.0. The smallest absolute Gasteiger partial charge is 0.175 e. The summed E-state index contributed by atoms with van der Waals surface area (Å²) in [6.45, 7) is 29.7. The molecule has 8 aliphatic rings. The molecule has 0 bridgehead atoms. The van der Waals surface area contributed by atoms with Crippen LogP contribution >= 0.6 is 0 Å². The molecule has 10 N–H and O–H groups in total. The Balaban J connectivity index is 0.000000210. The Bertz CT molecular complexity index is 1610. The molecule has 16 nitrogen and oxygen atoms in total. The Morgan fingerprint density at radius 1 is 0.474 bits per heavy atom. The van der Waals surface area contributed by atoms with Gasteiger partial charge in [-0.1, -0.05) is 109 Å². The van der Waals surface area contributed by atoms with Crippen LogP contribution in [0.4, 0.5) is 0 Å². The van der Waals surface area contributed by atoms with Crippen LogP contribution in [0.5, 0.6) is 0 Å². The van der Waals surface area contributed by atoms with Gasteiger partial charge in [-0.15, -0.1) is 0 Å². The van der Waals surface area contributed by atoms with E-state index in [1.807, 2.05) is 0 Å². The molecule has 8 rings (SSSR count). The summed E-state index contributed by atoms with van der Waals surface area (Å²) in [4.78, 5) is 19.3. The second-order valence-electron chi connectivity index (χ2n) is 27.3. The summed E-state index contributed by atoms with van der Waals surface area (Å²) >= 11 is 0. The molecule has 2 saturated heterocycles. The van der Waals surface area contributed by atoms with Crippen LogP contribution < -0.4 is 21.7 Å². The van der Waals surface area contributed by atoms with Crippen molar-refractivity contribution in [2.24, 2.45) is 94.7 Å². The van der Waals surface area contributed by atoms with E-state index in [0.717, 1.165) is 12.8 Å². The number of aliphatic hydroxyl groups excluding tert-OH is 4. The van der Waals surface area contributed by atoms with Gasteiger partial charge < -0.3 is 80.1 Å². The fraction of sp³-hybridized carbons (Fsp3) is 0.967. The van der Waals surface area contributed by atoms with Crippen molar-refractivity contribution in [2.75, 3.05) is 26.4 Å². The highest BCUT2D eigenvalue weighted by Crippen LogP contribution is 2.61. The highest BCUT2D eigenvalue weighted by Gasteiger charge is 2.68.